The molecule has 0 aromatic carbocycles. The minimum absolute atomic E-state index is 0.154. The molecular weight excluding hydrogens is 206 g/mol. The van der Waals surface area contributed by atoms with Gasteiger partial charge in [-0.3, -0.25) is 4.79 Å². The molecule has 3 atom stereocenters. The van der Waals surface area contributed by atoms with E-state index < -0.39 is 17.2 Å². The smallest absolute Gasteiger partial charge is 0.209 e. The van der Waals surface area contributed by atoms with Gasteiger partial charge in [0.1, 0.15) is 0 Å². The van der Waals surface area contributed by atoms with Crippen molar-refractivity contribution in [3.63, 3.8) is 0 Å². The Morgan fingerprint density at radius 3 is 2.25 bits per heavy atom. The molecule has 0 aliphatic heterocycles. The number of likely N-dealkylation sites (N-methyl/N-ethyl adjacent to an activating group) is 1. The summed E-state index contributed by atoms with van der Waals surface area (Å²) in [5, 5.41) is 20.8. The van der Waals surface area contributed by atoms with Gasteiger partial charge in [0.25, 0.3) is 0 Å². The summed E-state index contributed by atoms with van der Waals surface area (Å²) in [6, 6.07) is -0.487. The average Bonchev–Trinajstić information content (AvgIpc) is 2.47. The van der Waals surface area contributed by atoms with Gasteiger partial charge in [-0.25, -0.2) is 0 Å². The lowest BCUT2D eigenvalue weighted by Gasteiger charge is -2.44. The fourth-order valence-electron chi connectivity index (χ4n) is 3.99. The van der Waals surface area contributed by atoms with Crippen LogP contribution in [0.3, 0.4) is 0 Å². The standard InChI is InChI=1S/C12H21NO3/c1-10(2)8-5-6-11(10,3)12(15,16)9(8)13(4)7-14/h7-9,15-16H,5-6H2,1-4H3/t8-,9?,11+/m0/s1. The maximum atomic E-state index is 10.9. The first-order valence-corrected chi connectivity index (χ1v) is 5.82. The van der Waals surface area contributed by atoms with E-state index in [1.54, 1.807) is 7.05 Å². The number of hydrogen-bond donors (Lipinski definition) is 2. The maximum absolute atomic E-state index is 10.9. The van der Waals surface area contributed by atoms with Gasteiger partial charge < -0.3 is 15.1 Å². The van der Waals surface area contributed by atoms with E-state index in [1.165, 1.54) is 4.90 Å². The Bertz CT molecular complexity index is 326. The molecule has 2 bridgehead atoms. The fourth-order valence-corrected chi connectivity index (χ4v) is 3.99. The number of amides is 1. The molecule has 2 aliphatic carbocycles. The molecule has 2 aliphatic rings. The van der Waals surface area contributed by atoms with Crippen LogP contribution in [0.2, 0.25) is 0 Å². The lowest BCUT2D eigenvalue weighted by Crippen LogP contribution is -2.58. The molecule has 0 saturated heterocycles. The second-order valence-electron chi connectivity index (χ2n) is 6.14. The van der Waals surface area contributed by atoms with Gasteiger partial charge in [-0.15, -0.1) is 0 Å². The zero-order valence-corrected chi connectivity index (χ0v) is 10.4. The van der Waals surface area contributed by atoms with Crippen LogP contribution >= 0.6 is 0 Å². The predicted molar refractivity (Wildman–Crippen MR) is 59.4 cm³/mol. The van der Waals surface area contributed by atoms with Gasteiger partial charge in [-0.2, -0.15) is 0 Å². The number of nitrogens with zero attached hydrogens (tertiary/aromatic N) is 1. The maximum Gasteiger partial charge on any atom is 0.209 e. The van der Waals surface area contributed by atoms with Crippen molar-refractivity contribution < 1.29 is 15.0 Å². The monoisotopic (exact) mass is 227 g/mol. The molecule has 2 N–H and O–H groups in total. The van der Waals surface area contributed by atoms with E-state index in [1.807, 2.05) is 6.92 Å². The van der Waals surface area contributed by atoms with E-state index >= 15 is 0 Å². The molecule has 2 rings (SSSR count). The Morgan fingerprint density at radius 1 is 1.31 bits per heavy atom. The molecule has 0 heterocycles. The molecular formula is C12H21NO3. The highest BCUT2D eigenvalue weighted by atomic mass is 16.5. The highest BCUT2D eigenvalue weighted by molar-refractivity contribution is 5.48. The first-order chi connectivity index (χ1) is 7.20. The highest BCUT2D eigenvalue weighted by Gasteiger charge is 2.74. The highest BCUT2D eigenvalue weighted by Crippen LogP contribution is 2.69. The lowest BCUT2D eigenvalue weighted by atomic mass is 9.68. The Morgan fingerprint density at radius 2 is 1.88 bits per heavy atom. The molecule has 0 aromatic heterocycles. The lowest BCUT2D eigenvalue weighted by molar-refractivity contribution is -0.265. The van der Waals surface area contributed by atoms with Crippen LogP contribution in [0, 0.1) is 16.7 Å². The summed E-state index contributed by atoms with van der Waals surface area (Å²) in [6.07, 6.45) is 2.45. The average molecular weight is 227 g/mol. The molecule has 16 heavy (non-hydrogen) atoms. The van der Waals surface area contributed by atoms with Crippen LogP contribution in [0.5, 0.6) is 0 Å². The number of rotatable bonds is 2. The molecule has 2 saturated carbocycles. The second kappa shape index (κ2) is 2.99. The summed E-state index contributed by atoms with van der Waals surface area (Å²) in [4.78, 5) is 12.3. The molecule has 1 unspecified atom stereocenters. The first-order valence-electron chi connectivity index (χ1n) is 5.82. The van der Waals surface area contributed by atoms with Gasteiger partial charge in [-0.05, 0) is 24.2 Å². The van der Waals surface area contributed by atoms with Gasteiger partial charge in [0.2, 0.25) is 6.41 Å². The second-order valence-corrected chi connectivity index (χ2v) is 6.14. The fraction of sp³-hybridized carbons (Fsp3) is 0.917. The Kier molecular flexibility index (Phi) is 2.21. The van der Waals surface area contributed by atoms with Crippen LogP contribution in [0.1, 0.15) is 33.6 Å². The Balaban J connectivity index is 2.49. The molecule has 4 heteroatoms. The van der Waals surface area contributed by atoms with Crippen LogP contribution in [0.25, 0.3) is 0 Å². The van der Waals surface area contributed by atoms with Crippen molar-refractivity contribution in [2.24, 2.45) is 16.7 Å². The molecule has 92 valence electrons. The summed E-state index contributed by atoms with van der Waals surface area (Å²) in [5.41, 5.74) is -0.689. The zero-order valence-electron chi connectivity index (χ0n) is 10.4. The summed E-state index contributed by atoms with van der Waals surface area (Å²) < 4.78 is 0. The van der Waals surface area contributed by atoms with Crippen molar-refractivity contribution in [3.05, 3.63) is 0 Å². The largest absolute Gasteiger partial charge is 0.364 e. The summed E-state index contributed by atoms with van der Waals surface area (Å²) in [6.45, 7) is 6.07. The third-order valence-corrected chi connectivity index (χ3v) is 5.52. The van der Waals surface area contributed by atoms with E-state index in [4.69, 9.17) is 0 Å². The van der Waals surface area contributed by atoms with Crippen LogP contribution in [-0.2, 0) is 4.79 Å². The minimum atomic E-state index is -1.78. The van der Waals surface area contributed by atoms with Crippen molar-refractivity contribution in [1.82, 2.24) is 4.90 Å². The van der Waals surface area contributed by atoms with Crippen LogP contribution in [0.4, 0.5) is 0 Å². The van der Waals surface area contributed by atoms with Gasteiger partial charge in [-0.1, -0.05) is 20.8 Å². The van der Waals surface area contributed by atoms with E-state index in [9.17, 15) is 15.0 Å². The van der Waals surface area contributed by atoms with E-state index in [2.05, 4.69) is 13.8 Å². The number of aliphatic hydroxyl groups is 2. The van der Waals surface area contributed by atoms with Gasteiger partial charge in [0.05, 0.1) is 6.04 Å². The quantitative estimate of drug-likeness (QED) is 0.536. The van der Waals surface area contributed by atoms with Crippen LogP contribution in [-0.4, -0.2) is 40.4 Å². The summed E-state index contributed by atoms with van der Waals surface area (Å²) in [7, 11) is 1.62. The minimum Gasteiger partial charge on any atom is -0.364 e. The van der Waals surface area contributed by atoms with E-state index in [0.717, 1.165) is 12.8 Å². The number of hydrogen-bond acceptors (Lipinski definition) is 3. The van der Waals surface area contributed by atoms with Crippen LogP contribution < -0.4 is 0 Å². The summed E-state index contributed by atoms with van der Waals surface area (Å²) >= 11 is 0. The predicted octanol–water partition coefficient (Wildman–Crippen LogP) is 0.580. The third-order valence-electron chi connectivity index (χ3n) is 5.52. The number of carbonyl (C=O) groups is 1. The molecule has 1 amide bonds. The zero-order chi connectivity index (χ0) is 12.4. The topological polar surface area (TPSA) is 60.8 Å². The van der Waals surface area contributed by atoms with Crippen LogP contribution in [0.15, 0.2) is 0 Å². The van der Waals surface area contributed by atoms with Crippen molar-refractivity contribution in [2.45, 2.75) is 45.4 Å². The van der Waals surface area contributed by atoms with Gasteiger partial charge >= 0.3 is 0 Å². The van der Waals surface area contributed by atoms with Crippen molar-refractivity contribution in [1.29, 1.82) is 0 Å². The first kappa shape index (κ1) is 11.9. The normalized spacial score (nSPS) is 43.4. The van der Waals surface area contributed by atoms with E-state index in [0.29, 0.717) is 6.41 Å². The van der Waals surface area contributed by atoms with Crippen molar-refractivity contribution in [2.75, 3.05) is 7.05 Å². The molecule has 0 radical (unpaired) electrons. The Hall–Kier alpha value is -0.610. The number of fused-ring (bicyclic) bond motifs is 2. The van der Waals surface area contributed by atoms with Crippen molar-refractivity contribution in [3.8, 4) is 0 Å². The number of carbonyl (C=O) groups excluding carboxylic acids is 1. The third kappa shape index (κ3) is 0.998. The Labute approximate surface area is 96.3 Å². The molecule has 0 aromatic rings. The molecule has 2 fully saturated rings. The summed E-state index contributed by atoms with van der Waals surface area (Å²) in [5.74, 6) is -1.63. The van der Waals surface area contributed by atoms with E-state index in [-0.39, 0.29) is 11.3 Å². The van der Waals surface area contributed by atoms with Gasteiger partial charge in [0.15, 0.2) is 5.79 Å². The van der Waals surface area contributed by atoms with Crippen molar-refractivity contribution >= 4 is 6.41 Å². The SMILES string of the molecule is CN(C=O)C1[C@@H]2CC[C@@](C)(C1(O)O)C2(C)C. The van der Waals surface area contributed by atoms with Gasteiger partial charge in [0, 0.05) is 12.5 Å². The molecule has 4 nitrogen and oxygen atoms in total. The molecule has 0 spiro atoms.